The van der Waals surface area contributed by atoms with E-state index >= 15 is 0 Å². The number of halogens is 1. The van der Waals surface area contributed by atoms with Gasteiger partial charge < -0.3 is 15.0 Å². The molecule has 1 fully saturated rings. The number of methoxy groups -OCH3 is 1. The first kappa shape index (κ1) is 16.3. The summed E-state index contributed by atoms with van der Waals surface area (Å²) in [5.74, 6) is -0.0864. The van der Waals surface area contributed by atoms with Gasteiger partial charge in [-0.25, -0.2) is 0 Å². The van der Waals surface area contributed by atoms with Gasteiger partial charge in [-0.2, -0.15) is 0 Å². The highest BCUT2D eigenvalue weighted by atomic mass is 35.5. The first-order chi connectivity index (χ1) is 11.6. The molecule has 0 aromatic heterocycles. The van der Waals surface area contributed by atoms with E-state index in [0.717, 1.165) is 5.69 Å². The van der Waals surface area contributed by atoms with Gasteiger partial charge in [0.25, 0.3) is 0 Å². The average Bonchev–Trinajstić information content (AvgIpc) is 2.98. The standard InChI is InChI=1S/C18H17ClN2O3/c1-24-16-8-7-13(10-15(16)19)20-18(23)12-9-17(22)21(11-12)14-5-3-2-4-6-14/h2-8,10,12H,9,11H2,1H3,(H,20,23)/t12-/m1/s1. The smallest absolute Gasteiger partial charge is 0.229 e. The molecule has 1 aliphatic heterocycles. The summed E-state index contributed by atoms with van der Waals surface area (Å²) < 4.78 is 5.09. The molecule has 2 aromatic rings. The van der Waals surface area contributed by atoms with Gasteiger partial charge in [-0.3, -0.25) is 9.59 Å². The number of hydrogen-bond acceptors (Lipinski definition) is 3. The molecule has 0 bridgehead atoms. The van der Waals surface area contributed by atoms with Crippen molar-refractivity contribution in [3.63, 3.8) is 0 Å². The summed E-state index contributed by atoms with van der Waals surface area (Å²) in [5.41, 5.74) is 1.39. The van der Waals surface area contributed by atoms with E-state index in [1.807, 2.05) is 30.3 Å². The molecule has 2 amide bonds. The minimum atomic E-state index is -0.390. The topological polar surface area (TPSA) is 58.6 Å². The molecule has 0 unspecified atom stereocenters. The quantitative estimate of drug-likeness (QED) is 0.925. The van der Waals surface area contributed by atoms with E-state index in [2.05, 4.69) is 5.32 Å². The van der Waals surface area contributed by atoms with Crippen molar-refractivity contribution in [2.45, 2.75) is 6.42 Å². The first-order valence-corrected chi connectivity index (χ1v) is 7.96. The SMILES string of the molecule is COc1ccc(NC(=O)[C@@H]2CC(=O)N(c3ccccc3)C2)cc1Cl. The molecule has 3 rings (SSSR count). The Morgan fingerprint density at radius 1 is 1.25 bits per heavy atom. The van der Waals surface area contributed by atoms with Gasteiger partial charge in [0, 0.05) is 24.3 Å². The Kier molecular flexibility index (Phi) is 4.71. The summed E-state index contributed by atoms with van der Waals surface area (Å²) in [5, 5.41) is 3.23. The number of benzene rings is 2. The molecule has 0 aliphatic carbocycles. The molecule has 6 heteroatoms. The van der Waals surface area contributed by atoms with E-state index in [1.165, 1.54) is 7.11 Å². The van der Waals surface area contributed by atoms with E-state index in [4.69, 9.17) is 16.3 Å². The van der Waals surface area contributed by atoms with Gasteiger partial charge in [0.1, 0.15) is 5.75 Å². The van der Waals surface area contributed by atoms with Crippen molar-refractivity contribution in [2.75, 3.05) is 23.9 Å². The lowest BCUT2D eigenvalue weighted by Crippen LogP contribution is -2.28. The highest BCUT2D eigenvalue weighted by Crippen LogP contribution is 2.29. The third-order valence-electron chi connectivity index (χ3n) is 3.98. The molecule has 124 valence electrons. The Bertz CT molecular complexity index is 764. The number of amides is 2. The second-order valence-corrected chi connectivity index (χ2v) is 5.99. The normalized spacial score (nSPS) is 17.0. The van der Waals surface area contributed by atoms with Crippen molar-refractivity contribution in [3.05, 3.63) is 53.6 Å². The molecule has 1 saturated heterocycles. The molecular formula is C18H17ClN2O3. The van der Waals surface area contributed by atoms with Crippen LogP contribution >= 0.6 is 11.6 Å². The van der Waals surface area contributed by atoms with E-state index in [-0.39, 0.29) is 18.2 Å². The minimum Gasteiger partial charge on any atom is -0.495 e. The van der Waals surface area contributed by atoms with E-state index < -0.39 is 5.92 Å². The Balaban J connectivity index is 1.68. The van der Waals surface area contributed by atoms with Crippen LogP contribution in [0.5, 0.6) is 5.75 Å². The Morgan fingerprint density at radius 3 is 2.67 bits per heavy atom. The Morgan fingerprint density at radius 2 is 2.00 bits per heavy atom. The monoisotopic (exact) mass is 344 g/mol. The predicted molar refractivity (Wildman–Crippen MR) is 93.5 cm³/mol. The highest BCUT2D eigenvalue weighted by Gasteiger charge is 2.35. The van der Waals surface area contributed by atoms with Crippen molar-refractivity contribution in [3.8, 4) is 5.75 Å². The number of nitrogens with one attached hydrogen (secondary N) is 1. The summed E-state index contributed by atoms with van der Waals surface area (Å²) in [7, 11) is 1.53. The molecule has 1 aliphatic rings. The van der Waals surface area contributed by atoms with Crippen molar-refractivity contribution < 1.29 is 14.3 Å². The van der Waals surface area contributed by atoms with Crippen molar-refractivity contribution in [2.24, 2.45) is 5.92 Å². The van der Waals surface area contributed by atoms with Gasteiger partial charge in [-0.1, -0.05) is 29.8 Å². The van der Waals surface area contributed by atoms with Crippen LogP contribution in [0.15, 0.2) is 48.5 Å². The molecular weight excluding hydrogens is 328 g/mol. The predicted octanol–water partition coefficient (Wildman–Crippen LogP) is 3.34. The number of carbonyl (C=O) groups is 2. The molecule has 2 aromatic carbocycles. The molecule has 0 saturated carbocycles. The third-order valence-corrected chi connectivity index (χ3v) is 4.28. The van der Waals surface area contributed by atoms with Crippen LogP contribution in [0.2, 0.25) is 5.02 Å². The average molecular weight is 345 g/mol. The highest BCUT2D eigenvalue weighted by molar-refractivity contribution is 6.32. The summed E-state index contributed by atoms with van der Waals surface area (Å²) in [6.45, 7) is 0.374. The van der Waals surface area contributed by atoms with Gasteiger partial charge in [0.2, 0.25) is 11.8 Å². The number of anilines is 2. The number of para-hydroxylation sites is 1. The fraction of sp³-hybridized carbons (Fsp3) is 0.222. The number of rotatable bonds is 4. The van der Waals surface area contributed by atoms with E-state index in [9.17, 15) is 9.59 Å². The molecule has 1 heterocycles. The first-order valence-electron chi connectivity index (χ1n) is 7.58. The summed E-state index contributed by atoms with van der Waals surface area (Å²) >= 11 is 6.06. The number of hydrogen-bond donors (Lipinski definition) is 1. The van der Waals surface area contributed by atoms with Crippen LogP contribution in [0.1, 0.15) is 6.42 Å². The summed E-state index contributed by atoms with van der Waals surface area (Å²) in [4.78, 5) is 26.3. The largest absolute Gasteiger partial charge is 0.495 e. The zero-order chi connectivity index (χ0) is 17.1. The van der Waals surface area contributed by atoms with E-state index in [0.29, 0.717) is 23.0 Å². The minimum absolute atomic E-state index is 0.0471. The number of carbonyl (C=O) groups excluding carboxylic acids is 2. The van der Waals surface area contributed by atoms with Gasteiger partial charge >= 0.3 is 0 Å². The Labute approximate surface area is 145 Å². The fourth-order valence-electron chi connectivity index (χ4n) is 2.73. The summed E-state index contributed by atoms with van der Waals surface area (Å²) in [6.07, 6.45) is 0.199. The Hall–Kier alpha value is -2.53. The van der Waals surface area contributed by atoms with Gasteiger partial charge in [0.15, 0.2) is 0 Å². The lowest BCUT2D eigenvalue weighted by atomic mass is 10.1. The second kappa shape index (κ2) is 6.93. The lowest BCUT2D eigenvalue weighted by molar-refractivity contribution is -0.122. The van der Waals surface area contributed by atoms with Crippen LogP contribution in [-0.2, 0) is 9.59 Å². The van der Waals surface area contributed by atoms with Crippen molar-refractivity contribution in [1.82, 2.24) is 0 Å². The molecule has 24 heavy (non-hydrogen) atoms. The maximum absolute atomic E-state index is 12.4. The fourth-order valence-corrected chi connectivity index (χ4v) is 2.99. The molecule has 5 nitrogen and oxygen atoms in total. The van der Waals surface area contributed by atoms with E-state index in [1.54, 1.807) is 23.1 Å². The van der Waals surface area contributed by atoms with Crippen molar-refractivity contribution in [1.29, 1.82) is 0 Å². The van der Waals surface area contributed by atoms with Crippen LogP contribution in [0.4, 0.5) is 11.4 Å². The number of nitrogens with zero attached hydrogens (tertiary/aromatic N) is 1. The zero-order valence-corrected chi connectivity index (χ0v) is 13.9. The van der Waals surface area contributed by atoms with Gasteiger partial charge in [-0.15, -0.1) is 0 Å². The van der Waals surface area contributed by atoms with Gasteiger partial charge in [0.05, 0.1) is 18.1 Å². The van der Waals surface area contributed by atoms with Crippen LogP contribution in [0.3, 0.4) is 0 Å². The maximum atomic E-state index is 12.4. The zero-order valence-electron chi connectivity index (χ0n) is 13.2. The molecule has 0 spiro atoms. The molecule has 1 atom stereocenters. The van der Waals surface area contributed by atoms with Gasteiger partial charge in [-0.05, 0) is 30.3 Å². The lowest BCUT2D eigenvalue weighted by Gasteiger charge is -2.16. The van der Waals surface area contributed by atoms with Crippen LogP contribution in [0, 0.1) is 5.92 Å². The van der Waals surface area contributed by atoms with Crippen LogP contribution < -0.4 is 15.0 Å². The third kappa shape index (κ3) is 3.36. The van der Waals surface area contributed by atoms with Crippen molar-refractivity contribution >= 4 is 34.8 Å². The van der Waals surface area contributed by atoms with Crippen LogP contribution in [0.25, 0.3) is 0 Å². The second-order valence-electron chi connectivity index (χ2n) is 5.58. The maximum Gasteiger partial charge on any atom is 0.229 e. The molecule has 1 N–H and O–H groups in total. The number of ether oxygens (including phenoxy) is 1. The van der Waals surface area contributed by atoms with Crippen LogP contribution in [-0.4, -0.2) is 25.5 Å². The summed E-state index contributed by atoms with van der Waals surface area (Å²) in [6, 6.07) is 14.4. The molecule has 0 radical (unpaired) electrons.